The van der Waals surface area contributed by atoms with Gasteiger partial charge in [0.1, 0.15) is 17.0 Å². The van der Waals surface area contributed by atoms with Crippen LogP contribution in [0.25, 0.3) is 11.3 Å². The molecule has 0 fully saturated rings. The van der Waals surface area contributed by atoms with Crippen molar-refractivity contribution in [2.75, 3.05) is 7.11 Å². The summed E-state index contributed by atoms with van der Waals surface area (Å²) in [5.41, 5.74) is 4.21. The Bertz CT molecular complexity index is 675. The monoisotopic (exact) mass is 272 g/mol. The van der Waals surface area contributed by atoms with Crippen LogP contribution in [0.2, 0.25) is 5.15 Å². The highest BCUT2D eigenvalue weighted by Crippen LogP contribution is 2.30. The molecule has 3 nitrogen and oxygen atoms in total. The maximum Gasteiger partial charge on any atom is 0.147 e. The van der Waals surface area contributed by atoms with Crippen LogP contribution in [0.1, 0.15) is 16.7 Å². The Morgan fingerprint density at radius 3 is 2.53 bits per heavy atom. The molecule has 1 aromatic heterocycles. The number of benzene rings is 1. The maximum absolute atomic E-state index is 8.86. The number of nitrogens with zero attached hydrogens (tertiary/aromatic N) is 2. The average Bonchev–Trinajstić information content (AvgIpc) is 2.40. The van der Waals surface area contributed by atoms with Gasteiger partial charge in [-0.3, -0.25) is 0 Å². The first-order chi connectivity index (χ1) is 9.06. The van der Waals surface area contributed by atoms with Gasteiger partial charge in [-0.15, -0.1) is 0 Å². The highest BCUT2D eigenvalue weighted by Gasteiger charge is 2.10. The molecule has 4 heteroatoms. The first-order valence-electron chi connectivity index (χ1n) is 5.79. The number of pyridine rings is 1. The van der Waals surface area contributed by atoms with Crippen molar-refractivity contribution in [3.8, 4) is 23.1 Å². The molecule has 0 radical (unpaired) electrons. The van der Waals surface area contributed by atoms with E-state index in [1.54, 1.807) is 19.2 Å². The van der Waals surface area contributed by atoms with E-state index in [4.69, 9.17) is 21.6 Å². The second kappa shape index (κ2) is 5.29. The van der Waals surface area contributed by atoms with Gasteiger partial charge in [-0.1, -0.05) is 11.6 Å². The van der Waals surface area contributed by atoms with Crippen molar-refractivity contribution in [3.63, 3.8) is 0 Å². The smallest absolute Gasteiger partial charge is 0.147 e. The molecule has 1 heterocycles. The molecule has 0 atom stereocenters. The second-order valence-electron chi connectivity index (χ2n) is 4.28. The zero-order valence-electron chi connectivity index (χ0n) is 11.0. The first-order valence-corrected chi connectivity index (χ1v) is 6.17. The third-order valence-electron chi connectivity index (χ3n) is 2.99. The SMILES string of the molecule is COc1cc(C)c(-c2ccc(C#N)c(Cl)n2)cc1C. The van der Waals surface area contributed by atoms with Crippen LogP contribution in [-0.2, 0) is 0 Å². The number of halogens is 1. The molecule has 0 spiro atoms. The van der Waals surface area contributed by atoms with Gasteiger partial charge in [-0.25, -0.2) is 4.98 Å². The van der Waals surface area contributed by atoms with Crippen molar-refractivity contribution in [3.05, 3.63) is 46.1 Å². The van der Waals surface area contributed by atoms with E-state index in [9.17, 15) is 0 Å². The molecule has 2 rings (SSSR count). The van der Waals surface area contributed by atoms with Gasteiger partial charge in [0.2, 0.25) is 0 Å². The Kier molecular flexibility index (Phi) is 3.73. The van der Waals surface area contributed by atoms with Crippen molar-refractivity contribution in [1.82, 2.24) is 4.98 Å². The van der Waals surface area contributed by atoms with E-state index in [-0.39, 0.29) is 5.15 Å². The standard InChI is InChI=1S/C15H13ClN2O/c1-9-7-14(19-3)10(2)6-12(9)13-5-4-11(8-17)15(16)18-13/h4-7H,1-3H3. The summed E-state index contributed by atoms with van der Waals surface area (Å²) in [4.78, 5) is 4.27. The molecule has 0 unspecified atom stereocenters. The lowest BCUT2D eigenvalue weighted by Gasteiger charge is -2.11. The normalized spacial score (nSPS) is 10.1. The Labute approximate surface area is 117 Å². The molecular weight excluding hydrogens is 260 g/mol. The summed E-state index contributed by atoms with van der Waals surface area (Å²) in [7, 11) is 1.65. The van der Waals surface area contributed by atoms with Crippen molar-refractivity contribution < 1.29 is 4.74 Å². The van der Waals surface area contributed by atoms with E-state index in [1.165, 1.54) is 0 Å². The Morgan fingerprint density at radius 2 is 1.95 bits per heavy atom. The largest absolute Gasteiger partial charge is 0.496 e. The molecule has 0 saturated heterocycles. The van der Waals surface area contributed by atoms with Crippen molar-refractivity contribution >= 4 is 11.6 Å². The van der Waals surface area contributed by atoms with E-state index in [0.29, 0.717) is 5.56 Å². The lowest BCUT2D eigenvalue weighted by atomic mass is 10.0. The minimum absolute atomic E-state index is 0.230. The molecule has 0 aliphatic rings. The molecule has 0 aliphatic carbocycles. The maximum atomic E-state index is 8.86. The van der Waals surface area contributed by atoms with E-state index in [1.807, 2.05) is 32.0 Å². The lowest BCUT2D eigenvalue weighted by molar-refractivity contribution is 0.411. The third kappa shape index (κ3) is 2.54. The number of aromatic nitrogens is 1. The number of nitriles is 1. The molecule has 96 valence electrons. The minimum Gasteiger partial charge on any atom is -0.496 e. The van der Waals surface area contributed by atoms with Crippen molar-refractivity contribution in [1.29, 1.82) is 5.26 Å². The number of ether oxygens (including phenoxy) is 1. The van der Waals surface area contributed by atoms with E-state index < -0.39 is 0 Å². The van der Waals surface area contributed by atoms with Gasteiger partial charge in [0.15, 0.2) is 0 Å². The van der Waals surface area contributed by atoms with Gasteiger partial charge < -0.3 is 4.74 Å². The molecular formula is C15H13ClN2O. The predicted molar refractivity (Wildman–Crippen MR) is 75.4 cm³/mol. The summed E-state index contributed by atoms with van der Waals surface area (Å²) in [6.07, 6.45) is 0. The fourth-order valence-electron chi connectivity index (χ4n) is 1.95. The van der Waals surface area contributed by atoms with Gasteiger partial charge in [0.25, 0.3) is 0 Å². The topological polar surface area (TPSA) is 45.9 Å². The molecule has 2 aromatic rings. The number of hydrogen-bond acceptors (Lipinski definition) is 3. The van der Waals surface area contributed by atoms with Crippen LogP contribution in [0.4, 0.5) is 0 Å². The first kappa shape index (κ1) is 13.4. The number of rotatable bonds is 2. The predicted octanol–water partition coefficient (Wildman–Crippen LogP) is 3.90. The van der Waals surface area contributed by atoms with Crippen molar-refractivity contribution in [2.24, 2.45) is 0 Å². The van der Waals surface area contributed by atoms with Gasteiger partial charge >= 0.3 is 0 Å². The van der Waals surface area contributed by atoms with Crippen LogP contribution in [0.3, 0.4) is 0 Å². The third-order valence-corrected chi connectivity index (χ3v) is 3.28. The van der Waals surface area contributed by atoms with Gasteiger partial charge in [0.05, 0.1) is 18.4 Å². The Hall–Kier alpha value is -2.05. The number of hydrogen-bond donors (Lipinski definition) is 0. The van der Waals surface area contributed by atoms with Gasteiger partial charge in [-0.2, -0.15) is 5.26 Å². The molecule has 19 heavy (non-hydrogen) atoms. The van der Waals surface area contributed by atoms with Crippen LogP contribution in [0.15, 0.2) is 24.3 Å². The minimum atomic E-state index is 0.230. The van der Waals surface area contributed by atoms with Crippen LogP contribution in [0.5, 0.6) is 5.75 Å². The summed E-state index contributed by atoms with van der Waals surface area (Å²) < 4.78 is 5.29. The second-order valence-corrected chi connectivity index (χ2v) is 4.64. The van der Waals surface area contributed by atoms with Crippen LogP contribution in [0, 0.1) is 25.2 Å². The van der Waals surface area contributed by atoms with E-state index in [0.717, 1.165) is 28.1 Å². The van der Waals surface area contributed by atoms with E-state index in [2.05, 4.69) is 4.98 Å². The Balaban J connectivity index is 2.57. The van der Waals surface area contributed by atoms with Gasteiger partial charge in [0, 0.05) is 5.56 Å². The van der Waals surface area contributed by atoms with Crippen LogP contribution in [-0.4, -0.2) is 12.1 Å². The zero-order chi connectivity index (χ0) is 14.0. The molecule has 0 N–H and O–H groups in total. The summed E-state index contributed by atoms with van der Waals surface area (Å²) >= 11 is 5.97. The lowest BCUT2D eigenvalue weighted by Crippen LogP contribution is -1.94. The molecule has 1 aromatic carbocycles. The fraction of sp³-hybridized carbons (Fsp3) is 0.200. The number of methoxy groups -OCH3 is 1. The summed E-state index contributed by atoms with van der Waals surface area (Å²) in [5.74, 6) is 0.848. The molecule has 0 aliphatic heterocycles. The highest BCUT2D eigenvalue weighted by molar-refractivity contribution is 6.30. The fourth-order valence-corrected chi connectivity index (χ4v) is 2.15. The summed E-state index contributed by atoms with van der Waals surface area (Å²) in [6, 6.07) is 9.48. The molecule has 0 bridgehead atoms. The van der Waals surface area contributed by atoms with E-state index >= 15 is 0 Å². The number of aryl methyl sites for hydroxylation is 2. The quantitative estimate of drug-likeness (QED) is 0.779. The summed E-state index contributed by atoms with van der Waals surface area (Å²) in [5, 5.41) is 9.09. The highest BCUT2D eigenvalue weighted by atomic mass is 35.5. The van der Waals surface area contributed by atoms with Crippen LogP contribution >= 0.6 is 11.6 Å². The molecule has 0 saturated carbocycles. The molecule has 0 amide bonds. The zero-order valence-corrected chi connectivity index (χ0v) is 11.7. The van der Waals surface area contributed by atoms with Crippen LogP contribution < -0.4 is 4.74 Å². The summed E-state index contributed by atoms with van der Waals surface area (Å²) in [6.45, 7) is 3.97. The van der Waals surface area contributed by atoms with Crippen molar-refractivity contribution in [2.45, 2.75) is 13.8 Å². The Morgan fingerprint density at radius 1 is 1.21 bits per heavy atom. The average molecular weight is 273 g/mol. The van der Waals surface area contributed by atoms with Gasteiger partial charge in [-0.05, 0) is 49.2 Å².